The maximum atomic E-state index is 12.8. The minimum atomic E-state index is -3.64. The average Bonchev–Trinajstić information content (AvgIpc) is 2.33. The van der Waals surface area contributed by atoms with E-state index in [1.54, 1.807) is 12.1 Å². The third-order valence-electron chi connectivity index (χ3n) is 3.31. The molecule has 1 aromatic rings. The van der Waals surface area contributed by atoms with Crippen molar-refractivity contribution in [2.24, 2.45) is 5.41 Å². The SMILES string of the molecule is CCc1ccc(OC)c(S(=O)(=O)NC(C)(C)CC(C)(C)C)c1. The van der Waals surface area contributed by atoms with Gasteiger partial charge in [0, 0.05) is 5.54 Å². The smallest absolute Gasteiger partial charge is 0.244 e. The van der Waals surface area contributed by atoms with Crippen LogP contribution in [0.3, 0.4) is 0 Å². The van der Waals surface area contributed by atoms with E-state index in [4.69, 9.17) is 4.74 Å². The zero-order chi connectivity index (χ0) is 17.2. The highest BCUT2D eigenvalue weighted by atomic mass is 32.2. The normalized spacial score (nSPS) is 13.2. The van der Waals surface area contributed by atoms with Gasteiger partial charge in [-0.3, -0.25) is 0 Å². The Morgan fingerprint density at radius 2 is 1.73 bits per heavy atom. The Hall–Kier alpha value is -1.07. The van der Waals surface area contributed by atoms with Crippen LogP contribution in [0, 0.1) is 5.41 Å². The first-order chi connectivity index (χ1) is 9.90. The first kappa shape index (κ1) is 19.0. The van der Waals surface area contributed by atoms with Crippen molar-refractivity contribution in [1.29, 1.82) is 0 Å². The summed E-state index contributed by atoms with van der Waals surface area (Å²) in [5.41, 5.74) is 0.459. The fourth-order valence-corrected chi connectivity index (χ4v) is 4.56. The van der Waals surface area contributed by atoms with E-state index in [1.165, 1.54) is 7.11 Å². The fraction of sp³-hybridized carbons (Fsp3) is 0.647. The van der Waals surface area contributed by atoms with Gasteiger partial charge in [0.2, 0.25) is 10.0 Å². The van der Waals surface area contributed by atoms with Crippen LogP contribution < -0.4 is 9.46 Å². The lowest BCUT2D eigenvalue weighted by Crippen LogP contribution is -2.45. The van der Waals surface area contributed by atoms with E-state index < -0.39 is 15.6 Å². The molecular weight excluding hydrogens is 298 g/mol. The molecular formula is C17H29NO3S. The predicted molar refractivity (Wildman–Crippen MR) is 90.8 cm³/mol. The van der Waals surface area contributed by atoms with E-state index in [1.807, 2.05) is 26.8 Å². The molecule has 0 aliphatic rings. The molecule has 1 N–H and O–H groups in total. The molecule has 0 fully saturated rings. The van der Waals surface area contributed by atoms with E-state index in [0.29, 0.717) is 5.75 Å². The molecule has 126 valence electrons. The van der Waals surface area contributed by atoms with Gasteiger partial charge < -0.3 is 4.74 Å². The van der Waals surface area contributed by atoms with Crippen molar-refractivity contribution < 1.29 is 13.2 Å². The molecule has 0 amide bonds. The molecule has 0 radical (unpaired) electrons. The minimum Gasteiger partial charge on any atom is -0.495 e. The van der Waals surface area contributed by atoms with E-state index in [2.05, 4.69) is 25.5 Å². The Labute approximate surface area is 135 Å². The molecule has 1 rings (SSSR count). The molecule has 0 aliphatic carbocycles. The first-order valence-electron chi connectivity index (χ1n) is 7.61. The van der Waals surface area contributed by atoms with Gasteiger partial charge in [-0.15, -0.1) is 0 Å². The molecule has 0 aromatic heterocycles. The molecule has 0 bridgehead atoms. The van der Waals surface area contributed by atoms with Crippen LogP contribution in [0.15, 0.2) is 23.1 Å². The minimum absolute atomic E-state index is 0.0291. The first-order valence-corrected chi connectivity index (χ1v) is 9.09. The van der Waals surface area contributed by atoms with E-state index in [-0.39, 0.29) is 10.3 Å². The van der Waals surface area contributed by atoms with Crippen molar-refractivity contribution in [3.05, 3.63) is 23.8 Å². The summed E-state index contributed by atoms with van der Waals surface area (Å²) >= 11 is 0. The number of hydrogen-bond donors (Lipinski definition) is 1. The Morgan fingerprint density at radius 3 is 2.18 bits per heavy atom. The van der Waals surface area contributed by atoms with Crippen LogP contribution in [-0.2, 0) is 16.4 Å². The van der Waals surface area contributed by atoms with E-state index in [9.17, 15) is 8.42 Å². The van der Waals surface area contributed by atoms with Gasteiger partial charge in [0.1, 0.15) is 10.6 Å². The van der Waals surface area contributed by atoms with Gasteiger partial charge in [-0.25, -0.2) is 13.1 Å². The van der Waals surface area contributed by atoms with Gasteiger partial charge in [-0.2, -0.15) is 0 Å². The van der Waals surface area contributed by atoms with Crippen LogP contribution in [0.2, 0.25) is 0 Å². The Morgan fingerprint density at radius 1 is 1.14 bits per heavy atom. The number of hydrogen-bond acceptors (Lipinski definition) is 3. The topological polar surface area (TPSA) is 55.4 Å². The second-order valence-electron chi connectivity index (χ2n) is 7.57. The molecule has 1 aromatic carbocycles. The summed E-state index contributed by atoms with van der Waals surface area (Å²) in [6.07, 6.45) is 1.51. The lowest BCUT2D eigenvalue weighted by Gasteiger charge is -2.33. The largest absolute Gasteiger partial charge is 0.495 e. The molecule has 4 nitrogen and oxygen atoms in total. The van der Waals surface area contributed by atoms with Gasteiger partial charge in [-0.1, -0.05) is 33.8 Å². The van der Waals surface area contributed by atoms with Crippen molar-refractivity contribution in [3.8, 4) is 5.75 Å². The van der Waals surface area contributed by atoms with Crippen LogP contribution in [0.5, 0.6) is 5.75 Å². The second kappa shape index (κ2) is 6.59. The third kappa shape index (κ3) is 5.29. The van der Waals surface area contributed by atoms with E-state index in [0.717, 1.165) is 18.4 Å². The Balaban J connectivity index is 3.19. The summed E-state index contributed by atoms with van der Waals surface area (Å²) in [6, 6.07) is 5.29. The summed E-state index contributed by atoms with van der Waals surface area (Å²) in [4.78, 5) is 0.205. The van der Waals surface area contributed by atoms with Crippen molar-refractivity contribution >= 4 is 10.0 Å². The zero-order valence-electron chi connectivity index (χ0n) is 14.8. The highest BCUT2D eigenvalue weighted by Gasteiger charge is 2.32. The monoisotopic (exact) mass is 327 g/mol. The molecule has 0 unspecified atom stereocenters. The molecule has 5 heteroatoms. The van der Waals surface area contributed by atoms with Crippen molar-refractivity contribution in [2.45, 2.75) is 64.8 Å². The summed E-state index contributed by atoms with van der Waals surface area (Å²) in [5.74, 6) is 0.372. The van der Waals surface area contributed by atoms with Crippen LogP contribution in [0.25, 0.3) is 0 Å². The van der Waals surface area contributed by atoms with Gasteiger partial charge in [-0.05, 0) is 49.8 Å². The molecule has 0 saturated heterocycles. The molecule has 0 aliphatic heterocycles. The summed E-state index contributed by atoms with van der Waals surface area (Å²) in [6.45, 7) is 12.1. The molecule has 0 saturated carbocycles. The van der Waals surface area contributed by atoms with Gasteiger partial charge in [0.05, 0.1) is 7.11 Å². The van der Waals surface area contributed by atoms with Gasteiger partial charge in [0.15, 0.2) is 0 Å². The molecule has 0 spiro atoms. The number of benzene rings is 1. The van der Waals surface area contributed by atoms with Gasteiger partial charge in [0.25, 0.3) is 0 Å². The van der Waals surface area contributed by atoms with E-state index >= 15 is 0 Å². The quantitative estimate of drug-likeness (QED) is 0.865. The lowest BCUT2D eigenvalue weighted by atomic mass is 9.82. The highest BCUT2D eigenvalue weighted by molar-refractivity contribution is 7.89. The molecule has 22 heavy (non-hydrogen) atoms. The number of rotatable bonds is 6. The maximum Gasteiger partial charge on any atom is 0.244 e. The molecule has 0 atom stereocenters. The number of methoxy groups -OCH3 is 1. The standard InChI is InChI=1S/C17H29NO3S/c1-8-13-9-10-14(21-7)15(11-13)22(19,20)18-17(5,6)12-16(2,3)4/h9-11,18H,8,12H2,1-7H3. The van der Waals surface area contributed by atoms with Crippen LogP contribution in [-0.4, -0.2) is 21.1 Å². The maximum absolute atomic E-state index is 12.8. The van der Waals surface area contributed by atoms with Gasteiger partial charge >= 0.3 is 0 Å². The van der Waals surface area contributed by atoms with Crippen molar-refractivity contribution in [2.75, 3.05) is 7.11 Å². The zero-order valence-corrected chi connectivity index (χ0v) is 15.6. The second-order valence-corrected chi connectivity index (χ2v) is 9.22. The van der Waals surface area contributed by atoms with Crippen LogP contribution in [0.4, 0.5) is 0 Å². The lowest BCUT2D eigenvalue weighted by molar-refractivity contribution is 0.269. The summed E-state index contributed by atoms with van der Waals surface area (Å²) < 4.78 is 33.6. The van der Waals surface area contributed by atoms with Crippen LogP contribution in [0.1, 0.15) is 53.5 Å². The number of sulfonamides is 1. The van der Waals surface area contributed by atoms with Crippen molar-refractivity contribution in [3.63, 3.8) is 0 Å². The third-order valence-corrected chi connectivity index (χ3v) is 5.03. The Kier molecular flexibility index (Phi) is 5.68. The average molecular weight is 327 g/mol. The fourth-order valence-electron chi connectivity index (χ4n) is 2.93. The number of nitrogens with one attached hydrogen (secondary N) is 1. The summed E-state index contributed by atoms with van der Waals surface area (Å²) in [7, 11) is -2.15. The predicted octanol–water partition coefficient (Wildman–Crippen LogP) is 3.75. The summed E-state index contributed by atoms with van der Waals surface area (Å²) in [5, 5.41) is 0. The number of ether oxygens (including phenoxy) is 1. The van der Waals surface area contributed by atoms with Crippen molar-refractivity contribution in [1.82, 2.24) is 4.72 Å². The number of aryl methyl sites for hydroxylation is 1. The van der Waals surface area contributed by atoms with Crippen LogP contribution >= 0.6 is 0 Å². The molecule has 0 heterocycles. The Bertz CT molecular complexity index is 613. The highest BCUT2D eigenvalue weighted by Crippen LogP contribution is 2.30.